The molecule has 3 aliphatic rings. The van der Waals surface area contributed by atoms with Crippen molar-refractivity contribution < 1.29 is 33.8 Å². The average molecular weight is 703 g/mol. The van der Waals surface area contributed by atoms with Crippen molar-refractivity contribution >= 4 is 51.9 Å². The Morgan fingerprint density at radius 1 is 1.19 bits per heavy atom. The predicted octanol–water partition coefficient (Wildman–Crippen LogP) is 6.04. The number of anilines is 1. The summed E-state index contributed by atoms with van der Waals surface area (Å²) in [6.07, 6.45) is 5.68. The summed E-state index contributed by atoms with van der Waals surface area (Å²) in [4.78, 5) is 39.3. The van der Waals surface area contributed by atoms with Crippen molar-refractivity contribution in [2.75, 3.05) is 32.3 Å². The number of nitrogens with zero attached hydrogens (tertiary/aromatic N) is 2. The van der Waals surface area contributed by atoms with E-state index in [4.69, 9.17) is 14.2 Å². The first-order valence-corrected chi connectivity index (χ1v) is 15.5. The van der Waals surface area contributed by atoms with Crippen molar-refractivity contribution in [3.63, 3.8) is 0 Å². The molecule has 0 unspecified atom stereocenters. The summed E-state index contributed by atoms with van der Waals surface area (Å²) in [7, 11) is 3.15. The number of non-ortho nitro benzene ring substituents is 1. The number of hydrogen-bond acceptors (Lipinski definition) is 8. The van der Waals surface area contributed by atoms with Gasteiger partial charge in [0.05, 0.1) is 52.4 Å². The molecule has 11 heteroatoms. The van der Waals surface area contributed by atoms with Crippen molar-refractivity contribution in [1.82, 2.24) is 0 Å². The molecule has 5 rings (SSSR count). The highest BCUT2D eigenvalue weighted by atomic mass is 127. The SMILES string of the molecule is CCC/C(=C\c1cc(I)c(O)c(OC)c1)CC[C@H]1OC[C@H]2C1=C(COC)C[C@H]1C(=O)N(c3cccc([N+](=O)[O-])c3)C(=O)[C@H]12. The van der Waals surface area contributed by atoms with Crippen LogP contribution in [0.3, 0.4) is 0 Å². The van der Waals surface area contributed by atoms with Crippen molar-refractivity contribution in [3.05, 3.63) is 72.4 Å². The zero-order valence-corrected chi connectivity index (χ0v) is 26.5. The Morgan fingerprint density at radius 2 is 1.98 bits per heavy atom. The third kappa shape index (κ3) is 6.07. The van der Waals surface area contributed by atoms with Crippen LogP contribution in [0.15, 0.2) is 53.1 Å². The lowest BCUT2D eigenvalue weighted by Crippen LogP contribution is -2.35. The van der Waals surface area contributed by atoms with Crippen LogP contribution in [0.5, 0.6) is 11.5 Å². The van der Waals surface area contributed by atoms with Gasteiger partial charge in [0.25, 0.3) is 5.69 Å². The Balaban J connectivity index is 1.39. The van der Waals surface area contributed by atoms with Gasteiger partial charge in [0, 0.05) is 25.2 Å². The van der Waals surface area contributed by atoms with E-state index in [-0.39, 0.29) is 41.0 Å². The normalized spacial score (nSPS) is 23.5. The van der Waals surface area contributed by atoms with Crippen LogP contribution in [0, 0.1) is 31.4 Å². The number of allylic oxidation sites excluding steroid dienone is 1. The van der Waals surface area contributed by atoms with Crippen LogP contribution in [0.25, 0.3) is 6.08 Å². The van der Waals surface area contributed by atoms with Crippen LogP contribution in [-0.2, 0) is 19.1 Å². The van der Waals surface area contributed by atoms with Gasteiger partial charge in [-0.2, -0.15) is 0 Å². The van der Waals surface area contributed by atoms with Gasteiger partial charge in [-0.25, -0.2) is 4.90 Å². The summed E-state index contributed by atoms with van der Waals surface area (Å²) in [6, 6.07) is 9.41. The number of fused-ring (bicyclic) bond motifs is 3. The summed E-state index contributed by atoms with van der Waals surface area (Å²) < 4.78 is 17.9. The van der Waals surface area contributed by atoms with E-state index in [9.17, 15) is 24.8 Å². The number of nitro groups is 1. The number of hydrogen-bond donors (Lipinski definition) is 1. The number of nitro benzene ring substituents is 1. The number of rotatable bonds is 11. The van der Waals surface area contributed by atoms with Crippen LogP contribution >= 0.6 is 22.6 Å². The first kappa shape index (κ1) is 31.1. The Hall–Kier alpha value is -3.29. The fourth-order valence-electron chi connectivity index (χ4n) is 6.76. The maximum absolute atomic E-state index is 13.8. The standard InChI is InChI=1S/C32H35IN2O8/c1-4-6-18(11-19-12-25(33)30(36)27(13-19)42-3)9-10-26-28-20(16-41-2)14-23-29(24(28)17-43-26)32(38)34(31(23)37)21-7-5-8-22(15-21)35(39)40/h5,7-8,11-13,15,23-24,26,29,36H,4,6,9-10,14,16-17H2,1-3H3/b18-11+/t23-,24+,26-,29-/m1/s1. The molecule has 1 aliphatic carbocycles. The Kier molecular flexibility index (Phi) is 9.52. The highest BCUT2D eigenvalue weighted by molar-refractivity contribution is 14.1. The number of ether oxygens (including phenoxy) is 3. The summed E-state index contributed by atoms with van der Waals surface area (Å²) in [6.45, 7) is 2.81. The molecule has 1 N–H and O–H groups in total. The number of carbonyl (C=O) groups excluding carboxylic acids is 2. The van der Waals surface area contributed by atoms with E-state index >= 15 is 0 Å². The quantitative estimate of drug-likeness (QED) is 0.0987. The molecule has 2 saturated heterocycles. The summed E-state index contributed by atoms with van der Waals surface area (Å²) in [5.74, 6) is -1.51. The van der Waals surface area contributed by atoms with Gasteiger partial charge < -0.3 is 19.3 Å². The lowest BCUT2D eigenvalue weighted by molar-refractivity contribution is -0.384. The number of aromatic hydroxyl groups is 1. The van der Waals surface area contributed by atoms with E-state index in [0.717, 1.165) is 40.9 Å². The number of phenols is 1. The number of methoxy groups -OCH3 is 2. The molecular weight excluding hydrogens is 667 g/mol. The van der Waals surface area contributed by atoms with Crippen molar-refractivity contribution in [1.29, 1.82) is 0 Å². The van der Waals surface area contributed by atoms with E-state index in [1.807, 2.05) is 12.1 Å². The number of amides is 2. The zero-order chi connectivity index (χ0) is 30.8. The minimum atomic E-state index is -0.579. The fraction of sp³-hybridized carbons (Fsp3) is 0.438. The lowest BCUT2D eigenvalue weighted by atomic mass is 9.69. The van der Waals surface area contributed by atoms with Gasteiger partial charge in [-0.1, -0.05) is 31.1 Å². The molecule has 0 saturated carbocycles. The number of halogens is 1. The van der Waals surface area contributed by atoms with Gasteiger partial charge in [-0.05, 0) is 83.2 Å². The molecule has 0 spiro atoms. The third-order valence-electron chi connectivity index (χ3n) is 8.57. The van der Waals surface area contributed by atoms with E-state index in [1.165, 1.54) is 30.9 Å². The van der Waals surface area contributed by atoms with E-state index in [1.54, 1.807) is 13.2 Å². The fourth-order valence-corrected chi connectivity index (χ4v) is 7.38. The zero-order valence-electron chi connectivity index (χ0n) is 24.4. The maximum Gasteiger partial charge on any atom is 0.271 e. The smallest absolute Gasteiger partial charge is 0.271 e. The monoisotopic (exact) mass is 702 g/mol. The molecule has 10 nitrogen and oxygen atoms in total. The van der Waals surface area contributed by atoms with Crippen molar-refractivity contribution in [2.24, 2.45) is 17.8 Å². The lowest BCUT2D eigenvalue weighted by Gasteiger charge is -2.31. The van der Waals surface area contributed by atoms with E-state index in [2.05, 4.69) is 35.6 Å². The second-order valence-electron chi connectivity index (χ2n) is 11.2. The van der Waals surface area contributed by atoms with E-state index < -0.39 is 16.8 Å². The van der Waals surface area contributed by atoms with Crippen LogP contribution in [0.1, 0.15) is 44.6 Å². The molecule has 2 fully saturated rings. The molecule has 2 aromatic rings. The minimum absolute atomic E-state index is 0.125. The Bertz CT molecular complexity index is 1500. The number of carbonyl (C=O) groups is 2. The molecule has 0 aromatic heterocycles. The number of phenolic OH excluding ortho intramolecular Hbond substituents is 1. The Morgan fingerprint density at radius 3 is 2.67 bits per heavy atom. The number of imide groups is 1. The first-order chi connectivity index (χ1) is 20.7. The van der Waals surface area contributed by atoms with Gasteiger partial charge in [-0.3, -0.25) is 19.7 Å². The number of benzene rings is 2. The van der Waals surface area contributed by atoms with Gasteiger partial charge in [-0.15, -0.1) is 0 Å². The van der Waals surface area contributed by atoms with Crippen LogP contribution in [0.2, 0.25) is 0 Å². The third-order valence-corrected chi connectivity index (χ3v) is 9.39. The van der Waals surface area contributed by atoms with Gasteiger partial charge in [0.15, 0.2) is 11.5 Å². The van der Waals surface area contributed by atoms with E-state index in [0.29, 0.717) is 35.4 Å². The molecule has 2 amide bonds. The minimum Gasteiger partial charge on any atom is -0.504 e. The molecule has 2 aromatic carbocycles. The highest BCUT2D eigenvalue weighted by Gasteiger charge is 2.57. The first-order valence-electron chi connectivity index (χ1n) is 14.4. The second-order valence-corrected chi connectivity index (χ2v) is 12.4. The molecule has 228 valence electrons. The molecule has 0 radical (unpaired) electrons. The maximum atomic E-state index is 13.8. The molecular formula is C32H35IN2O8. The average Bonchev–Trinajstić information content (AvgIpc) is 3.52. The largest absolute Gasteiger partial charge is 0.504 e. The predicted molar refractivity (Wildman–Crippen MR) is 169 cm³/mol. The highest BCUT2D eigenvalue weighted by Crippen LogP contribution is 2.51. The van der Waals surface area contributed by atoms with Gasteiger partial charge >= 0.3 is 0 Å². The van der Waals surface area contributed by atoms with Crippen LogP contribution in [0.4, 0.5) is 11.4 Å². The van der Waals surface area contributed by atoms with Crippen LogP contribution < -0.4 is 9.64 Å². The molecule has 2 aliphatic heterocycles. The second kappa shape index (κ2) is 13.1. The molecule has 0 bridgehead atoms. The topological polar surface area (TPSA) is 128 Å². The Labute approximate surface area is 264 Å². The summed E-state index contributed by atoms with van der Waals surface area (Å²) in [5, 5.41) is 21.6. The van der Waals surface area contributed by atoms with Gasteiger partial charge in [0.1, 0.15) is 0 Å². The van der Waals surface area contributed by atoms with Crippen LogP contribution in [-0.4, -0.2) is 55.4 Å². The van der Waals surface area contributed by atoms with Crippen molar-refractivity contribution in [3.8, 4) is 11.5 Å². The molecule has 43 heavy (non-hydrogen) atoms. The summed E-state index contributed by atoms with van der Waals surface area (Å²) >= 11 is 2.09. The summed E-state index contributed by atoms with van der Waals surface area (Å²) in [5.41, 5.74) is 4.29. The molecule has 2 heterocycles. The van der Waals surface area contributed by atoms with Gasteiger partial charge in [0.2, 0.25) is 11.8 Å². The van der Waals surface area contributed by atoms with Crippen molar-refractivity contribution in [2.45, 2.75) is 45.1 Å². The molecule has 4 atom stereocenters.